The van der Waals surface area contributed by atoms with Crippen molar-refractivity contribution in [1.29, 1.82) is 5.26 Å². The molecule has 0 fully saturated rings. The van der Waals surface area contributed by atoms with Gasteiger partial charge in [0.15, 0.2) is 5.75 Å². The number of aromatic nitrogens is 2. The van der Waals surface area contributed by atoms with Gasteiger partial charge in [-0.1, -0.05) is 29.1 Å². The predicted molar refractivity (Wildman–Crippen MR) is 102 cm³/mol. The van der Waals surface area contributed by atoms with E-state index in [1.165, 1.54) is 13.2 Å². The van der Waals surface area contributed by atoms with Gasteiger partial charge in [-0.3, -0.25) is 4.98 Å². The molecular formula is C20H11Cl2N3O2. The average molecular weight is 396 g/mol. The van der Waals surface area contributed by atoms with Gasteiger partial charge in [0.1, 0.15) is 16.5 Å². The molecule has 2 heterocycles. The number of nitrogens with zero attached hydrogens (tertiary/aromatic N) is 3. The van der Waals surface area contributed by atoms with Crippen molar-refractivity contribution < 1.29 is 9.47 Å². The lowest BCUT2D eigenvalue weighted by Gasteiger charge is -2.11. The van der Waals surface area contributed by atoms with Crippen molar-refractivity contribution in [3.63, 3.8) is 0 Å². The maximum absolute atomic E-state index is 9.07. The first-order valence-electron chi connectivity index (χ1n) is 7.64. The van der Waals surface area contributed by atoms with E-state index in [2.05, 4.69) is 21.8 Å². The standard InChI is InChI=1S/C20H11Cl2N3O2/c1-26-20-19(22)18(27-17-9-14(12-23)8-15(21)10-17)11-16(25-20)3-2-13-4-6-24-7-5-13/h4-11H,1H3. The SMILES string of the molecule is COc1nc(C#Cc2ccncc2)cc(Oc2cc(Cl)cc(C#N)c2)c1Cl. The van der Waals surface area contributed by atoms with Gasteiger partial charge in [-0.25, -0.2) is 4.98 Å². The van der Waals surface area contributed by atoms with Gasteiger partial charge in [0, 0.05) is 29.0 Å². The third-order valence-electron chi connectivity index (χ3n) is 3.33. The van der Waals surface area contributed by atoms with Crippen molar-refractivity contribution in [2.24, 2.45) is 0 Å². The van der Waals surface area contributed by atoms with Crippen LogP contribution in [0.2, 0.25) is 10.0 Å². The van der Waals surface area contributed by atoms with Gasteiger partial charge in [0.25, 0.3) is 0 Å². The van der Waals surface area contributed by atoms with Crippen LogP contribution in [-0.4, -0.2) is 17.1 Å². The zero-order chi connectivity index (χ0) is 19.2. The molecule has 0 aliphatic carbocycles. The minimum absolute atomic E-state index is 0.177. The molecule has 1 aromatic carbocycles. The Morgan fingerprint density at radius 3 is 2.48 bits per heavy atom. The number of nitriles is 1. The van der Waals surface area contributed by atoms with Gasteiger partial charge in [-0.15, -0.1) is 0 Å². The summed E-state index contributed by atoms with van der Waals surface area (Å²) < 4.78 is 11.0. The summed E-state index contributed by atoms with van der Waals surface area (Å²) in [6.45, 7) is 0. The second-order valence-electron chi connectivity index (χ2n) is 5.20. The Labute approximate surface area is 166 Å². The Balaban J connectivity index is 1.99. The van der Waals surface area contributed by atoms with Crippen molar-refractivity contribution >= 4 is 23.2 Å². The Morgan fingerprint density at radius 1 is 1.00 bits per heavy atom. The molecule has 3 aromatic rings. The number of halogens is 2. The fourth-order valence-electron chi connectivity index (χ4n) is 2.14. The van der Waals surface area contributed by atoms with Gasteiger partial charge in [0.2, 0.25) is 5.88 Å². The van der Waals surface area contributed by atoms with Crippen LogP contribution >= 0.6 is 23.2 Å². The van der Waals surface area contributed by atoms with E-state index in [-0.39, 0.29) is 16.7 Å². The highest BCUT2D eigenvalue weighted by Crippen LogP contribution is 2.36. The quantitative estimate of drug-likeness (QED) is 0.592. The Morgan fingerprint density at radius 2 is 1.78 bits per heavy atom. The molecule has 0 radical (unpaired) electrons. The molecule has 132 valence electrons. The maximum atomic E-state index is 9.07. The fraction of sp³-hybridized carbons (Fsp3) is 0.0500. The van der Waals surface area contributed by atoms with Gasteiger partial charge in [0.05, 0.1) is 18.7 Å². The maximum Gasteiger partial charge on any atom is 0.237 e. The summed E-state index contributed by atoms with van der Waals surface area (Å²) in [6.07, 6.45) is 3.31. The second kappa shape index (κ2) is 8.42. The molecule has 27 heavy (non-hydrogen) atoms. The number of hydrogen-bond acceptors (Lipinski definition) is 5. The molecule has 0 aliphatic rings. The van der Waals surface area contributed by atoms with Crippen LogP contribution in [0.3, 0.4) is 0 Å². The van der Waals surface area contributed by atoms with Gasteiger partial charge < -0.3 is 9.47 Å². The third kappa shape index (κ3) is 4.68. The first-order chi connectivity index (χ1) is 13.1. The molecule has 0 unspecified atom stereocenters. The Hall–Kier alpha value is -3.25. The number of hydrogen-bond donors (Lipinski definition) is 0. The highest BCUT2D eigenvalue weighted by atomic mass is 35.5. The van der Waals surface area contributed by atoms with Crippen molar-refractivity contribution in [2.75, 3.05) is 7.11 Å². The van der Waals surface area contributed by atoms with E-state index >= 15 is 0 Å². The minimum atomic E-state index is 0.177. The fourth-order valence-corrected chi connectivity index (χ4v) is 2.58. The largest absolute Gasteiger partial charge is 0.480 e. The Kier molecular flexibility index (Phi) is 5.78. The van der Waals surface area contributed by atoms with E-state index in [9.17, 15) is 0 Å². The summed E-state index contributed by atoms with van der Waals surface area (Å²) in [4.78, 5) is 8.20. The van der Waals surface area contributed by atoms with Crippen LogP contribution in [0.25, 0.3) is 0 Å². The molecule has 0 atom stereocenters. The van der Waals surface area contributed by atoms with Crippen LogP contribution < -0.4 is 9.47 Å². The molecule has 3 rings (SSSR count). The average Bonchev–Trinajstić information content (AvgIpc) is 2.68. The molecule has 0 bridgehead atoms. The van der Waals surface area contributed by atoms with Crippen LogP contribution in [-0.2, 0) is 0 Å². The van der Waals surface area contributed by atoms with E-state index in [0.717, 1.165) is 5.56 Å². The number of pyridine rings is 2. The van der Waals surface area contributed by atoms with Gasteiger partial charge in [-0.2, -0.15) is 5.26 Å². The molecule has 5 nitrogen and oxygen atoms in total. The number of methoxy groups -OCH3 is 1. The summed E-state index contributed by atoms with van der Waals surface area (Å²) in [6, 6.07) is 11.8. The van der Waals surface area contributed by atoms with Crippen molar-refractivity contribution in [2.45, 2.75) is 0 Å². The number of rotatable bonds is 3. The first kappa shape index (κ1) is 18.5. The lowest BCUT2D eigenvalue weighted by atomic mass is 10.2. The monoisotopic (exact) mass is 395 g/mol. The molecule has 0 saturated carbocycles. The van der Waals surface area contributed by atoms with E-state index in [0.29, 0.717) is 22.0 Å². The topological polar surface area (TPSA) is 68.0 Å². The molecule has 0 amide bonds. The lowest BCUT2D eigenvalue weighted by Crippen LogP contribution is -1.96. The van der Waals surface area contributed by atoms with Crippen LogP contribution in [0.5, 0.6) is 17.4 Å². The third-order valence-corrected chi connectivity index (χ3v) is 3.90. The molecule has 0 spiro atoms. The smallest absolute Gasteiger partial charge is 0.237 e. The molecule has 0 saturated heterocycles. The van der Waals surface area contributed by atoms with Crippen molar-refractivity contribution in [1.82, 2.24) is 9.97 Å². The Bertz CT molecular complexity index is 1080. The zero-order valence-corrected chi connectivity index (χ0v) is 15.5. The van der Waals surface area contributed by atoms with E-state index in [1.54, 1.807) is 42.7 Å². The second-order valence-corrected chi connectivity index (χ2v) is 6.02. The summed E-state index contributed by atoms with van der Waals surface area (Å²) >= 11 is 12.3. The first-order valence-corrected chi connectivity index (χ1v) is 8.40. The minimum Gasteiger partial charge on any atom is -0.480 e. The summed E-state index contributed by atoms with van der Waals surface area (Å²) in [5.41, 5.74) is 1.56. The zero-order valence-electron chi connectivity index (χ0n) is 14.0. The normalized spacial score (nSPS) is 9.70. The van der Waals surface area contributed by atoms with Crippen molar-refractivity contribution in [3.05, 3.63) is 75.7 Å². The molecule has 2 aromatic heterocycles. The molecular weight excluding hydrogens is 385 g/mol. The lowest BCUT2D eigenvalue weighted by molar-refractivity contribution is 0.392. The van der Waals surface area contributed by atoms with Crippen LogP contribution in [0.1, 0.15) is 16.8 Å². The van der Waals surface area contributed by atoms with Crippen LogP contribution in [0.15, 0.2) is 48.8 Å². The van der Waals surface area contributed by atoms with Crippen LogP contribution in [0, 0.1) is 23.2 Å². The molecule has 0 aliphatic heterocycles. The molecule has 7 heteroatoms. The van der Waals surface area contributed by atoms with Gasteiger partial charge >= 0.3 is 0 Å². The van der Waals surface area contributed by atoms with E-state index < -0.39 is 0 Å². The highest BCUT2D eigenvalue weighted by Gasteiger charge is 2.14. The van der Waals surface area contributed by atoms with E-state index in [4.69, 9.17) is 37.9 Å². The predicted octanol–water partition coefficient (Wildman–Crippen LogP) is 4.86. The summed E-state index contributed by atoms with van der Waals surface area (Å²) in [7, 11) is 1.45. The molecule has 0 N–H and O–H groups in total. The van der Waals surface area contributed by atoms with Crippen LogP contribution in [0.4, 0.5) is 0 Å². The number of benzene rings is 1. The highest BCUT2D eigenvalue weighted by molar-refractivity contribution is 6.33. The summed E-state index contributed by atoms with van der Waals surface area (Å²) in [5, 5.41) is 9.63. The van der Waals surface area contributed by atoms with Crippen molar-refractivity contribution in [3.8, 4) is 35.3 Å². The van der Waals surface area contributed by atoms with E-state index in [1.807, 2.05) is 6.07 Å². The van der Waals surface area contributed by atoms with Gasteiger partial charge in [-0.05, 0) is 36.3 Å². The number of ether oxygens (including phenoxy) is 2. The summed E-state index contributed by atoms with van der Waals surface area (Å²) in [5.74, 6) is 6.74.